The Kier molecular flexibility index (Phi) is 10.1. The van der Waals surface area contributed by atoms with Crippen LogP contribution in [0.1, 0.15) is 46.5 Å². The van der Waals surface area contributed by atoms with Gasteiger partial charge < -0.3 is 25.7 Å². The van der Waals surface area contributed by atoms with Gasteiger partial charge in [0.15, 0.2) is 6.10 Å². The summed E-state index contributed by atoms with van der Waals surface area (Å²) >= 11 is 1.24. The zero-order valence-electron chi connectivity index (χ0n) is 24.7. The Morgan fingerprint density at radius 2 is 1.76 bits per heavy atom. The number of benzene rings is 3. The van der Waals surface area contributed by atoms with Crippen molar-refractivity contribution in [2.24, 2.45) is 0 Å². The highest BCUT2D eigenvalue weighted by molar-refractivity contribution is 8.00. The van der Waals surface area contributed by atoms with Crippen LogP contribution in [0.3, 0.4) is 0 Å². The highest BCUT2D eigenvalue weighted by Gasteiger charge is 2.50. The molecule has 0 radical (unpaired) electrons. The van der Waals surface area contributed by atoms with Gasteiger partial charge in [0.2, 0.25) is 5.91 Å². The summed E-state index contributed by atoms with van der Waals surface area (Å²) in [5, 5.41) is 26.6. The fourth-order valence-corrected chi connectivity index (χ4v) is 6.37. The topological polar surface area (TPSA) is 119 Å². The van der Waals surface area contributed by atoms with Gasteiger partial charge in [-0.15, -0.1) is 11.8 Å². The van der Waals surface area contributed by atoms with Crippen molar-refractivity contribution in [3.63, 3.8) is 0 Å². The fraction of sp³-hybridized carbons (Fsp3) is 0.344. The number of nitrogens with zero attached hydrogens (tertiary/aromatic N) is 1. The van der Waals surface area contributed by atoms with Gasteiger partial charge in [0, 0.05) is 22.4 Å². The van der Waals surface area contributed by atoms with Gasteiger partial charge >= 0.3 is 6.18 Å². The Hall–Kier alpha value is -4.10. The molecule has 1 aliphatic heterocycles. The number of aliphatic hydroxyl groups is 1. The molecule has 4 rings (SSSR count). The monoisotopic (exact) mass is 647 g/mol. The lowest BCUT2D eigenvalue weighted by atomic mass is 9.96. The molecule has 3 atom stereocenters. The number of hydrogen-bond acceptors (Lipinski definition) is 6. The van der Waals surface area contributed by atoms with E-state index in [1.807, 2.05) is 0 Å². The zero-order chi connectivity index (χ0) is 33.1. The van der Waals surface area contributed by atoms with Gasteiger partial charge in [-0.1, -0.05) is 42.5 Å². The third kappa shape index (κ3) is 7.77. The molecule has 3 aromatic rings. The van der Waals surface area contributed by atoms with Crippen molar-refractivity contribution in [3.8, 4) is 5.75 Å². The van der Waals surface area contributed by atoms with Crippen LogP contribution in [0, 0.1) is 12.7 Å². The van der Waals surface area contributed by atoms with Crippen molar-refractivity contribution in [2.45, 2.75) is 62.8 Å². The predicted molar refractivity (Wildman–Crippen MR) is 161 cm³/mol. The average Bonchev–Trinajstić information content (AvgIpc) is 3.31. The minimum Gasteiger partial charge on any atom is -0.508 e. The molecular formula is C32H33F4N3O5S. The SMILES string of the molecule is Cc1c(O)cccc1C(=O)N[C@@H](Cc1ccccc1)[C@H](O)C(=O)N1CSC(C)(C)C1C(=O)NCc1ccc(F)cc1C(F)(F)F. The second-order valence-corrected chi connectivity index (χ2v) is 12.9. The molecule has 1 saturated heterocycles. The molecule has 45 heavy (non-hydrogen) atoms. The van der Waals surface area contributed by atoms with E-state index in [-0.39, 0.29) is 29.2 Å². The minimum absolute atomic E-state index is 0.0109. The Balaban J connectivity index is 1.57. The van der Waals surface area contributed by atoms with Crippen LogP contribution in [-0.2, 0) is 28.7 Å². The van der Waals surface area contributed by atoms with E-state index in [0.29, 0.717) is 17.2 Å². The summed E-state index contributed by atoms with van der Waals surface area (Å²) in [4.78, 5) is 41.7. The van der Waals surface area contributed by atoms with E-state index >= 15 is 0 Å². The average molecular weight is 648 g/mol. The number of hydrogen-bond donors (Lipinski definition) is 4. The van der Waals surface area contributed by atoms with Crippen LogP contribution in [0.15, 0.2) is 66.7 Å². The van der Waals surface area contributed by atoms with E-state index in [1.165, 1.54) is 30.0 Å². The molecule has 0 saturated carbocycles. The van der Waals surface area contributed by atoms with Gasteiger partial charge in [-0.25, -0.2) is 4.39 Å². The summed E-state index contributed by atoms with van der Waals surface area (Å²) in [5.41, 5.74) is -0.438. The maximum Gasteiger partial charge on any atom is 0.416 e. The number of carbonyl (C=O) groups excluding carboxylic acids is 3. The first kappa shape index (κ1) is 33.8. The molecule has 0 bridgehead atoms. The van der Waals surface area contributed by atoms with Crippen molar-refractivity contribution in [3.05, 3.63) is 100 Å². The van der Waals surface area contributed by atoms with Crippen LogP contribution >= 0.6 is 11.8 Å². The number of thioether (sulfide) groups is 1. The lowest BCUT2D eigenvalue weighted by Gasteiger charge is -2.33. The number of carbonyl (C=O) groups is 3. The number of halogens is 4. The third-order valence-electron chi connectivity index (χ3n) is 7.71. The number of phenolic OH excluding ortho intramolecular Hbond substituents is 1. The first-order valence-electron chi connectivity index (χ1n) is 14.0. The number of nitrogens with one attached hydrogen (secondary N) is 2. The van der Waals surface area contributed by atoms with E-state index in [0.717, 1.165) is 17.0 Å². The maximum atomic E-state index is 13.8. The van der Waals surface area contributed by atoms with Crippen LogP contribution in [0.2, 0.25) is 0 Å². The van der Waals surface area contributed by atoms with E-state index in [9.17, 15) is 42.2 Å². The molecule has 1 fully saturated rings. The number of rotatable bonds is 9. The largest absolute Gasteiger partial charge is 0.508 e. The first-order valence-corrected chi connectivity index (χ1v) is 15.0. The zero-order valence-corrected chi connectivity index (χ0v) is 25.5. The van der Waals surface area contributed by atoms with Crippen LogP contribution in [0.25, 0.3) is 0 Å². The minimum atomic E-state index is -4.86. The molecule has 3 amide bonds. The summed E-state index contributed by atoms with van der Waals surface area (Å²) in [6.07, 6.45) is -6.62. The number of phenols is 1. The normalized spacial score (nSPS) is 17.4. The number of amides is 3. The van der Waals surface area contributed by atoms with E-state index < -0.39 is 64.8 Å². The lowest BCUT2D eigenvalue weighted by molar-refractivity contribution is -0.147. The second-order valence-electron chi connectivity index (χ2n) is 11.3. The van der Waals surface area contributed by atoms with Gasteiger partial charge in [-0.2, -0.15) is 13.2 Å². The molecule has 1 unspecified atom stereocenters. The standard InChI is InChI=1S/C32H33F4N3O5S/c1-18-22(10-7-11-25(18)40)28(42)38-24(14-19-8-5-4-6-9-19)26(41)30(44)39-17-45-31(2,3)27(39)29(43)37-16-20-12-13-21(33)15-23(20)32(34,35)36/h4-13,15,24,26-27,40-41H,14,16-17H2,1-3H3,(H,37,43)(H,38,42)/t24-,26-,27?/m0/s1. The van der Waals surface area contributed by atoms with E-state index in [1.54, 1.807) is 51.1 Å². The summed E-state index contributed by atoms with van der Waals surface area (Å²) in [7, 11) is 0. The van der Waals surface area contributed by atoms with Gasteiger partial charge in [0.1, 0.15) is 17.6 Å². The molecule has 1 aliphatic rings. The Labute approximate surface area is 261 Å². The number of alkyl halides is 3. The summed E-state index contributed by atoms with van der Waals surface area (Å²) in [5.74, 6) is -3.45. The van der Waals surface area contributed by atoms with Crippen LogP contribution in [0.5, 0.6) is 5.75 Å². The highest BCUT2D eigenvalue weighted by atomic mass is 32.2. The molecular weight excluding hydrogens is 614 g/mol. The smallest absolute Gasteiger partial charge is 0.416 e. The van der Waals surface area contributed by atoms with E-state index in [2.05, 4.69) is 10.6 Å². The van der Waals surface area contributed by atoms with Gasteiger partial charge in [-0.3, -0.25) is 14.4 Å². The summed E-state index contributed by atoms with van der Waals surface area (Å²) in [6.45, 7) is 4.35. The first-order chi connectivity index (χ1) is 21.1. The van der Waals surface area contributed by atoms with Gasteiger partial charge in [0.05, 0.1) is 17.5 Å². The Morgan fingerprint density at radius 1 is 1.07 bits per heavy atom. The van der Waals surface area contributed by atoms with Gasteiger partial charge in [-0.05, 0) is 62.6 Å². The molecule has 8 nitrogen and oxygen atoms in total. The van der Waals surface area contributed by atoms with Gasteiger partial charge in [0.25, 0.3) is 11.8 Å². The Bertz CT molecular complexity index is 1570. The fourth-order valence-electron chi connectivity index (χ4n) is 5.23. The lowest BCUT2D eigenvalue weighted by Crippen LogP contribution is -2.58. The van der Waals surface area contributed by atoms with Crippen LogP contribution in [0.4, 0.5) is 17.6 Å². The van der Waals surface area contributed by atoms with Crippen molar-refractivity contribution >= 4 is 29.5 Å². The van der Waals surface area contributed by atoms with Crippen molar-refractivity contribution in [1.82, 2.24) is 15.5 Å². The maximum absolute atomic E-state index is 13.8. The van der Waals surface area contributed by atoms with Crippen molar-refractivity contribution in [2.75, 3.05) is 5.88 Å². The molecule has 4 N–H and O–H groups in total. The highest BCUT2D eigenvalue weighted by Crippen LogP contribution is 2.40. The number of aliphatic hydroxyl groups excluding tert-OH is 1. The second kappa shape index (κ2) is 13.5. The van der Waals surface area contributed by atoms with Crippen molar-refractivity contribution < 1.29 is 42.2 Å². The molecule has 0 aliphatic carbocycles. The summed E-state index contributed by atoms with van der Waals surface area (Å²) in [6, 6.07) is 13.0. The third-order valence-corrected chi connectivity index (χ3v) is 9.08. The van der Waals surface area contributed by atoms with Crippen LogP contribution in [-0.4, -0.2) is 61.6 Å². The van der Waals surface area contributed by atoms with Crippen LogP contribution < -0.4 is 10.6 Å². The Morgan fingerprint density at radius 3 is 2.42 bits per heavy atom. The number of aromatic hydroxyl groups is 1. The molecule has 1 heterocycles. The molecule has 0 spiro atoms. The summed E-state index contributed by atoms with van der Waals surface area (Å²) < 4.78 is 53.2. The molecule has 240 valence electrons. The van der Waals surface area contributed by atoms with Crippen molar-refractivity contribution in [1.29, 1.82) is 0 Å². The van der Waals surface area contributed by atoms with E-state index in [4.69, 9.17) is 0 Å². The molecule has 3 aromatic carbocycles. The molecule has 0 aromatic heterocycles. The quantitative estimate of drug-likeness (QED) is 0.253. The molecule has 13 heteroatoms. The predicted octanol–water partition coefficient (Wildman–Crippen LogP) is 4.56.